The topological polar surface area (TPSA) is 105 Å². The molecule has 1 fully saturated rings. The van der Waals surface area contributed by atoms with Crippen molar-refractivity contribution in [3.63, 3.8) is 0 Å². The molecule has 8 nitrogen and oxygen atoms in total. The van der Waals surface area contributed by atoms with Crippen LogP contribution in [0.15, 0.2) is 18.2 Å². The number of nitrogens with one attached hydrogen (secondary N) is 2. The SMILES string of the molecule is CC1(C)NC(=O)N(CC(=O)OCC(=O)Nc2ccc(Cl)cc2Cl)C1=O. The predicted octanol–water partition coefficient (Wildman–Crippen LogP) is 1.81. The van der Waals surface area contributed by atoms with Gasteiger partial charge in [0.2, 0.25) is 0 Å². The van der Waals surface area contributed by atoms with Crippen molar-refractivity contribution in [2.45, 2.75) is 19.4 Å². The predicted molar refractivity (Wildman–Crippen MR) is 90.4 cm³/mol. The molecule has 10 heteroatoms. The van der Waals surface area contributed by atoms with Crippen LogP contribution in [0.3, 0.4) is 0 Å². The molecule has 1 saturated heterocycles. The number of hydrogen-bond donors (Lipinski definition) is 2. The maximum absolute atomic E-state index is 11.9. The fourth-order valence-corrected chi connectivity index (χ4v) is 2.52. The lowest BCUT2D eigenvalue weighted by Crippen LogP contribution is -2.41. The third kappa shape index (κ3) is 4.61. The number of nitrogens with zero attached hydrogens (tertiary/aromatic N) is 1. The van der Waals surface area contributed by atoms with Crippen molar-refractivity contribution in [1.29, 1.82) is 0 Å². The Labute approximate surface area is 153 Å². The number of hydrogen-bond acceptors (Lipinski definition) is 5. The van der Waals surface area contributed by atoms with Crippen LogP contribution in [-0.2, 0) is 19.1 Å². The van der Waals surface area contributed by atoms with E-state index in [9.17, 15) is 19.2 Å². The molecule has 1 aromatic rings. The molecule has 0 atom stereocenters. The molecule has 2 N–H and O–H groups in total. The van der Waals surface area contributed by atoms with E-state index in [1.807, 2.05) is 0 Å². The van der Waals surface area contributed by atoms with E-state index in [1.165, 1.54) is 32.0 Å². The summed E-state index contributed by atoms with van der Waals surface area (Å²) in [4.78, 5) is 47.9. The summed E-state index contributed by atoms with van der Waals surface area (Å²) >= 11 is 11.7. The van der Waals surface area contributed by atoms with Crippen molar-refractivity contribution in [3.8, 4) is 0 Å². The number of carbonyl (C=O) groups excluding carboxylic acids is 4. The van der Waals surface area contributed by atoms with Crippen LogP contribution < -0.4 is 10.6 Å². The quantitative estimate of drug-likeness (QED) is 0.591. The van der Waals surface area contributed by atoms with Gasteiger partial charge in [0.1, 0.15) is 12.1 Å². The summed E-state index contributed by atoms with van der Waals surface area (Å²) in [6.45, 7) is 1.86. The smallest absolute Gasteiger partial charge is 0.326 e. The van der Waals surface area contributed by atoms with E-state index < -0.39 is 42.5 Å². The fraction of sp³-hybridized carbons (Fsp3) is 0.333. The molecule has 4 amide bonds. The number of ether oxygens (including phenoxy) is 1. The summed E-state index contributed by atoms with van der Waals surface area (Å²) in [5.74, 6) is -2.07. The van der Waals surface area contributed by atoms with Gasteiger partial charge in [-0.15, -0.1) is 0 Å². The zero-order chi connectivity index (χ0) is 18.8. The Morgan fingerprint density at radius 3 is 2.52 bits per heavy atom. The van der Waals surface area contributed by atoms with Gasteiger partial charge in [0.15, 0.2) is 6.61 Å². The van der Waals surface area contributed by atoms with Gasteiger partial charge in [-0.05, 0) is 32.0 Å². The highest BCUT2D eigenvalue weighted by Crippen LogP contribution is 2.25. The Morgan fingerprint density at radius 2 is 1.96 bits per heavy atom. The van der Waals surface area contributed by atoms with E-state index in [0.717, 1.165) is 4.90 Å². The Balaban J connectivity index is 1.85. The standard InChI is InChI=1S/C15H15Cl2N3O5/c1-15(2)13(23)20(14(24)19-15)6-12(22)25-7-11(21)18-10-4-3-8(16)5-9(10)17/h3-5H,6-7H2,1-2H3,(H,18,21)(H,19,24). The number of esters is 1. The number of halogens is 2. The van der Waals surface area contributed by atoms with Gasteiger partial charge < -0.3 is 15.4 Å². The zero-order valence-corrected chi connectivity index (χ0v) is 14.9. The van der Waals surface area contributed by atoms with Crippen LogP contribution in [0.2, 0.25) is 10.0 Å². The highest BCUT2D eigenvalue weighted by Gasteiger charge is 2.45. The van der Waals surface area contributed by atoms with Crippen molar-refractivity contribution in [2.75, 3.05) is 18.5 Å². The van der Waals surface area contributed by atoms with Crippen molar-refractivity contribution >= 4 is 52.7 Å². The molecule has 25 heavy (non-hydrogen) atoms. The van der Waals surface area contributed by atoms with Crippen LogP contribution in [0.5, 0.6) is 0 Å². The molecular weight excluding hydrogens is 373 g/mol. The van der Waals surface area contributed by atoms with Crippen molar-refractivity contribution in [3.05, 3.63) is 28.2 Å². The van der Waals surface area contributed by atoms with E-state index >= 15 is 0 Å². The highest BCUT2D eigenvalue weighted by molar-refractivity contribution is 6.36. The number of anilines is 1. The van der Waals surface area contributed by atoms with Gasteiger partial charge in [-0.1, -0.05) is 23.2 Å². The molecule has 0 spiro atoms. The van der Waals surface area contributed by atoms with Crippen molar-refractivity contribution < 1.29 is 23.9 Å². The first kappa shape index (κ1) is 19.0. The van der Waals surface area contributed by atoms with Crippen LogP contribution >= 0.6 is 23.2 Å². The van der Waals surface area contributed by atoms with Crippen LogP contribution in [0.1, 0.15) is 13.8 Å². The van der Waals surface area contributed by atoms with Crippen molar-refractivity contribution in [1.82, 2.24) is 10.2 Å². The van der Waals surface area contributed by atoms with Crippen molar-refractivity contribution in [2.24, 2.45) is 0 Å². The molecule has 134 valence electrons. The molecule has 0 aromatic heterocycles. The minimum Gasteiger partial charge on any atom is -0.454 e. The van der Waals surface area contributed by atoms with Gasteiger partial charge in [0.05, 0.1) is 10.7 Å². The number of benzene rings is 1. The van der Waals surface area contributed by atoms with E-state index in [0.29, 0.717) is 10.7 Å². The first-order valence-corrected chi connectivity index (χ1v) is 7.90. The van der Waals surface area contributed by atoms with Crippen LogP contribution in [0.25, 0.3) is 0 Å². The van der Waals surface area contributed by atoms with Gasteiger partial charge in [-0.3, -0.25) is 19.3 Å². The van der Waals surface area contributed by atoms with Gasteiger partial charge in [-0.2, -0.15) is 0 Å². The average Bonchev–Trinajstić information content (AvgIpc) is 2.70. The average molecular weight is 388 g/mol. The Hall–Kier alpha value is -2.32. The number of carbonyl (C=O) groups is 4. The maximum atomic E-state index is 11.9. The Morgan fingerprint density at radius 1 is 1.28 bits per heavy atom. The first-order chi connectivity index (χ1) is 11.6. The second-order valence-electron chi connectivity index (χ2n) is 5.78. The van der Waals surface area contributed by atoms with E-state index in [4.69, 9.17) is 27.9 Å². The molecule has 1 aliphatic rings. The zero-order valence-electron chi connectivity index (χ0n) is 13.4. The Kier molecular flexibility index (Phi) is 5.54. The lowest BCUT2D eigenvalue weighted by molar-refractivity contribution is -0.150. The van der Waals surface area contributed by atoms with Gasteiger partial charge in [0, 0.05) is 5.02 Å². The molecule has 1 aliphatic heterocycles. The van der Waals surface area contributed by atoms with Gasteiger partial charge >= 0.3 is 12.0 Å². The Bertz CT molecular complexity index is 751. The first-order valence-electron chi connectivity index (χ1n) is 7.15. The maximum Gasteiger partial charge on any atom is 0.326 e. The molecule has 0 radical (unpaired) electrons. The second-order valence-corrected chi connectivity index (χ2v) is 6.62. The minimum absolute atomic E-state index is 0.230. The molecule has 0 saturated carbocycles. The summed E-state index contributed by atoms with van der Waals surface area (Å²) in [5.41, 5.74) is -0.775. The van der Waals surface area contributed by atoms with E-state index in [2.05, 4.69) is 10.6 Å². The van der Waals surface area contributed by atoms with E-state index in [-0.39, 0.29) is 5.02 Å². The third-order valence-electron chi connectivity index (χ3n) is 3.30. The summed E-state index contributed by atoms with van der Waals surface area (Å²) in [7, 11) is 0. The lowest BCUT2D eigenvalue weighted by atomic mass is 10.1. The van der Waals surface area contributed by atoms with Gasteiger partial charge in [-0.25, -0.2) is 4.79 Å². The molecule has 0 bridgehead atoms. The van der Waals surface area contributed by atoms with Crippen LogP contribution in [0.4, 0.5) is 10.5 Å². The molecule has 0 unspecified atom stereocenters. The van der Waals surface area contributed by atoms with E-state index in [1.54, 1.807) is 0 Å². The number of amides is 4. The lowest BCUT2D eigenvalue weighted by Gasteiger charge is -2.15. The third-order valence-corrected chi connectivity index (χ3v) is 3.85. The number of urea groups is 1. The minimum atomic E-state index is -1.08. The molecule has 1 aromatic carbocycles. The van der Waals surface area contributed by atoms with Crippen LogP contribution in [-0.4, -0.2) is 47.4 Å². The summed E-state index contributed by atoms with van der Waals surface area (Å²) < 4.78 is 4.77. The number of imide groups is 1. The summed E-state index contributed by atoms with van der Waals surface area (Å²) in [5, 5.41) is 5.52. The molecule has 2 rings (SSSR count). The summed E-state index contributed by atoms with van der Waals surface area (Å²) in [6.07, 6.45) is 0. The second kappa shape index (κ2) is 7.28. The van der Waals surface area contributed by atoms with Crippen LogP contribution in [0, 0.1) is 0 Å². The molecule has 1 heterocycles. The highest BCUT2D eigenvalue weighted by atomic mass is 35.5. The fourth-order valence-electron chi connectivity index (χ4n) is 2.06. The number of rotatable bonds is 5. The monoisotopic (exact) mass is 387 g/mol. The molecule has 0 aliphatic carbocycles. The molecular formula is C15H15Cl2N3O5. The normalized spacial score (nSPS) is 15.8. The van der Waals surface area contributed by atoms with Gasteiger partial charge in [0.25, 0.3) is 11.8 Å². The summed E-state index contributed by atoms with van der Waals surface area (Å²) in [6, 6.07) is 3.79. The largest absolute Gasteiger partial charge is 0.454 e.